The fourth-order valence-electron chi connectivity index (χ4n) is 6.11. The molecule has 1 saturated heterocycles. The molecule has 1 aromatic heterocycles. The van der Waals surface area contributed by atoms with Crippen molar-refractivity contribution in [3.8, 4) is 0 Å². The quantitative estimate of drug-likeness (QED) is 0.0903. The van der Waals surface area contributed by atoms with E-state index < -0.39 is 46.2 Å². The van der Waals surface area contributed by atoms with Gasteiger partial charge in [-0.25, -0.2) is 22.2 Å². The van der Waals surface area contributed by atoms with Crippen LogP contribution in [0.1, 0.15) is 66.4 Å². The van der Waals surface area contributed by atoms with Crippen LogP contribution in [-0.4, -0.2) is 92.3 Å². The van der Waals surface area contributed by atoms with Gasteiger partial charge in [-0.1, -0.05) is 45.5 Å². The molecule has 290 valence electrons. The summed E-state index contributed by atoms with van der Waals surface area (Å²) >= 11 is 1.36. The van der Waals surface area contributed by atoms with E-state index in [1.54, 1.807) is 12.1 Å². The minimum absolute atomic E-state index is 0.0532. The van der Waals surface area contributed by atoms with Gasteiger partial charge in [-0.05, 0) is 81.6 Å². The van der Waals surface area contributed by atoms with Gasteiger partial charge in [0.15, 0.2) is 17.3 Å². The highest BCUT2D eigenvalue weighted by Crippen LogP contribution is 2.30. The van der Waals surface area contributed by atoms with E-state index in [9.17, 15) is 22.3 Å². The van der Waals surface area contributed by atoms with Crippen LogP contribution < -0.4 is 16.0 Å². The van der Waals surface area contributed by atoms with Crippen molar-refractivity contribution < 1.29 is 36.5 Å². The second-order valence-electron chi connectivity index (χ2n) is 14.0. The maximum Gasteiger partial charge on any atom is 0.243 e. The van der Waals surface area contributed by atoms with Crippen LogP contribution in [0.5, 0.6) is 0 Å². The number of halogens is 2. The van der Waals surface area contributed by atoms with Crippen molar-refractivity contribution in [1.29, 1.82) is 0 Å². The molecule has 1 fully saturated rings. The zero-order valence-corrected chi connectivity index (χ0v) is 32.7. The summed E-state index contributed by atoms with van der Waals surface area (Å²) in [5.41, 5.74) is 0.939. The zero-order chi connectivity index (χ0) is 38.0. The predicted molar refractivity (Wildman–Crippen MR) is 202 cm³/mol. The van der Waals surface area contributed by atoms with E-state index >= 15 is 0 Å². The number of likely N-dealkylation sites (N-methyl/N-ethyl adjacent to an activating group) is 1. The monoisotopic (exact) mass is 767 g/mol. The number of aliphatic hydroxyl groups is 1. The summed E-state index contributed by atoms with van der Waals surface area (Å²) in [5.74, 6) is -1.51. The molecule has 0 aliphatic carbocycles. The van der Waals surface area contributed by atoms with Gasteiger partial charge in [-0.15, -0.1) is 0 Å². The number of aromatic nitrogens is 1. The highest BCUT2D eigenvalue weighted by atomic mass is 32.2. The molecule has 0 saturated carbocycles. The number of sulfonamides is 1. The van der Waals surface area contributed by atoms with Crippen molar-refractivity contribution in [3.05, 3.63) is 66.1 Å². The molecular formula is C37H55F2N5O6S2. The van der Waals surface area contributed by atoms with Gasteiger partial charge in [-0.2, -0.15) is 4.31 Å². The smallest absolute Gasteiger partial charge is 0.243 e. The minimum atomic E-state index is -4.09. The fourth-order valence-corrected chi connectivity index (χ4v) is 8.89. The van der Waals surface area contributed by atoms with E-state index in [2.05, 4.69) is 41.4 Å². The molecular weight excluding hydrogens is 713 g/mol. The van der Waals surface area contributed by atoms with Crippen LogP contribution >= 0.6 is 11.3 Å². The molecule has 0 spiro atoms. The van der Waals surface area contributed by atoms with Crippen LogP contribution in [0.25, 0.3) is 10.2 Å². The Kier molecular flexibility index (Phi) is 15.6. The van der Waals surface area contributed by atoms with Gasteiger partial charge in [0, 0.05) is 37.7 Å². The van der Waals surface area contributed by atoms with E-state index in [0.29, 0.717) is 28.4 Å². The van der Waals surface area contributed by atoms with Crippen LogP contribution in [0, 0.1) is 17.6 Å². The molecule has 4 N–H and O–H groups in total. The zero-order valence-electron chi connectivity index (χ0n) is 31.0. The minimum Gasteiger partial charge on any atom is -0.474 e. The summed E-state index contributed by atoms with van der Waals surface area (Å²) in [6.45, 7) is 17.3. The Morgan fingerprint density at radius 1 is 1.13 bits per heavy atom. The highest BCUT2D eigenvalue weighted by molar-refractivity contribution is 7.89. The first-order valence-corrected chi connectivity index (χ1v) is 20.3. The molecule has 2 heterocycles. The molecule has 5 atom stereocenters. The van der Waals surface area contributed by atoms with Crippen molar-refractivity contribution in [2.75, 3.05) is 38.2 Å². The molecule has 2 aromatic carbocycles. The second kappa shape index (κ2) is 19.4. The molecule has 1 unspecified atom stereocenters. The molecule has 0 radical (unpaired) electrons. The number of hydrogen-bond donors (Lipinski definition) is 4. The van der Waals surface area contributed by atoms with Crippen molar-refractivity contribution in [2.24, 2.45) is 5.92 Å². The molecule has 0 amide bonds. The van der Waals surface area contributed by atoms with E-state index in [1.165, 1.54) is 33.8 Å². The van der Waals surface area contributed by atoms with Crippen molar-refractivity contribution in [1.82, 2.24) is 19.9 Å². The van der Waals surface area contributed by atoms with Crippen LogP contribution in [0.15, 0.2) is 53.8 Å². The lowest BCUT2D eigenvalue weighted by atomic mass is 10.0. The highest BCUT2D eigenvalue weighted by Gasteiger charge is 2.33. The number of ether oxygens (including phenoxy) is 3. The van der Waals surface area contributed by atoms with E-state index in [-0.39, 0.29) is 60.5 Å². The van der Waals surface area contributed by atoms with E-state index in [4.69, 9.17) is 14.2 Å². The summed E-state index contributed by atoms with van der Waals surface area (Å²) in [4.78, 5) is 4.62. The average molecular weight is 768 g/mol. The lowest BCUT2D eigenvalue weighted by Crippen LogP contribution is -2.49. The third kappa shape index (κ3) is 12.3. The SMILES string of the molecule is C=C(N[C@@H](Cc1cc(F)cc(F)c1)[C@H](O)CN(CC(C)C)S(=O)(=O)c1ccc2nc(NC(C)C)sc2c1)OC1CO[C@@H](OC[C@H](CCC)NCC)C1. The topological polar surface area (TPSA) is 134 Å². The number of anilines is 1. The van der Waals surface area contributed by atoms with Gasteiger partial charge in [-0.3, -0.25) is 0 Å². The molecule has 3 aromatic rings. The normalized spacial score (nSPS) is 18.3. The first kappa shape index (κ1) is 41.8. The molecule has 11 nitrogen and oxygen atoms in total. The van der Waals surface area contributed by atoms with Gasteiger partial charge >= 0.3 is 0 Å². The Hall–Kier alpha value is -2.92. The van der Waals surface area contributed by atoms with Crippen molar-refractivity contribution >= 4 is 36.7 Å². The van der Waals surface area contributed by atoms with E-state index in [0.717, 1.165) is 25.5 Å². The van der Waals surface area contributed by atoms with E-state index in [1.807, 2.05) is 27.7 Å². The van der Waals surface area contributed by atoms with Gasteiger partial charge < -0.3 is 35.3 Å². The number of nitrogens with one attached hydrogen (secondary N) is 3. The van der Waals surface area contributed by atoms with Crippen LogP contribution in [-0.2, 0) is 30.7 Å². The van der Waals surface area contributed by atoms with Gasteiger partial charge in [0.25, 0.3) is 0 Å². The summed E-state index contributed by atoms with van der Waals surface area (Å²) < 4.78 is 76.6. The Morgan fingerprint density at radius 3 is 2.52 bits per heavy atom. The molecule has 1 aliphatic heterocycles. The second-order valence-corrected chi connectivity index (χ2v) is 17.0. The fraction of sp³-hybridized carbons (Fsp3) is 0.595. The van der Waals surface area contributed by atoms with Gasteiger partial charge in [0.2, 0.25) is 10.0 Å². The first-order chi connectivity index (χ1) is 24.7. The number of thiazole rings is 1. The van der Waals surface area contributed by atoms with Gasteiger partial charge in [0.1, 0.15) is 17.7 Å². The standard InChI is InChI=1S/C37H55F2N5O6S2/c1-8-10-29(40-9-2)21-48-36-17-30(22-49-36)50-25(7)42-33(15-26-13-27(38)16-28(39)14-26)34(45)20-44(19-23(3)4)52(46,47)31-11-12-32-35(18-31)51-37(43-32)41-24(5)6/h11-14,16,18,23-24,29-30,33-34,36,40,42,45H,7-10,15,17,19-22H2,1-6H3,(H,41,43)/t29-,30?,33-,34+,36+/m0/s1. The molecule has 52 heavy (non-hydrogen) atoms. The molecule has 1 aliphatic rings. The third-order valence-electron chi connectivity index (χ3n) is 8.40. The number of nitrogens with zero attached hydrogens (tertiary/aromatic N) is 2. The lowest BCUT2D eigenvalue weighted by molar-refractivity contribution is -0.116. The maximum atomic E-state index is 14.2. The summed E-state index contributed by atoms with van der Waals surface area (Å²) in [7, 11) is -4.09. The summed E-state index contributed by atoms with van der Waals surface area (Å²) in [5, 5.41) is 22.1. The Morgan fingerprint density at radius 2 is 1.87 bits per heavy atom. The largest absolute Gasteiger partial charge is 0.474 e. The molecule has 4 rings (SSSR count). The Labute approximate surface area is 311 Å². The van der Waals surface area contributed by atoms with Crippen molar-refractivity contribution in [2.45, 2.75) is 109 Å². The molecule has 15 heteroatoms. The number of aliphatic hydroxyl groups excluding tert-OH is 1. The number of benzene rings is 2. The first-order valence-electron chi connectivity index (χ1n) is 18.1. The predicted octanol–water partition coefficient (Wildman–Crippen LogP) is 6.00. The van der Waals surface area contributed by atoms with Gasteiger partial charge in [0.05, 0.1) is 40.5 Å². The average Bonchev–Trinajstić information content (AvgIpc) is 3.67. The number of fused-ring (bicyclic) bond motifs is 1. The maximum absolute atomic E-state index is 14.2. The Bertz CT molecular complexity index is 1680. The number of hydrogen-bond acceptors (Lipinski definition) is 11. The van der Waals surface area contributed by atoms with Crippen LogP contribution in [0.4, 0.5) is 13.9 Å². The Balaban J connectivity index is 1.50. The summed E-state index contributed by atoms with van der Waals surface area (Å²) in [6, 6.07) is 7.35. The summed E-state index contributed by atoms with van der Waals surface area (Å²) in [6.07, 6.45) is 0.217. The third-order valence-corrected chi connectivity index (χ3v) is 11.2. The number of rotatable bonds is 22. The lowest BCUT2D eigenvalue weighted by Gasteiger charge is -2.32. The van der Waals surface area contributed by atoms with Crippen molar-refractivity contribution in [3.63, 3.8) is 0 Å². The van der Waals surface area contributed by atoms with Crippen LogP contribution in [0.3, 0.4) is 0 Å². The van der Waals surface area contributed by atoms with Crippen LogP contribution in [0.2, 0.25) is 0 Å². The molecule has 0 bridgehead atoms.